The van der Waals surface area contributed by atoms with Crippen LogP contribution < -0.4 is 0 Å². The van der Waals surface area contributed by atoms with Crippen LogP contribution in [-0.4, -0.2) is 20.8 Å². The zero-order chi connectivity index (χ0) is 13.4. The van der Waals surface area contributed by atoms with E-state index in [1.54, 1.807) is 12.1 Å². The summed E-state index contributed by atoms with van der Waals surface area (Å²) in [6.07, 6.45) is 1.86. The highest BCUT2D eigenvalue weighted by molar-refractivity contribution is 6.02. The number of rotatable bonds is 3. The van der Waals surface area contributed by atoms with Gasteiger partial charge in [-0.15, -0.1) is 0 Å². The molecule has 0 fully saturated rings. The number of carboxylic acid groups (broad SMARTS) is 1. The maximum absolute atomic E-state index is 11.1. The first-order valence-corrected chi connectivity index (χ1v) is 5.88. The molecule has 3 aromatic rings. The molecular weight excluding hydrogens is 244 g/mol. The number of hydrogen-bond donors (Lipinski definition) is 1. The van der Waals surface area contributed by atoms with E-state index >= 15 is 0 Å². The zero-order valence-electron chi connectivity index (χ0n) is 10.3. The molecule has 0 saturated carbocycles. The van der Waals surface area contributed by atoms with Gasteiger partial charge < -0.3 is 14.2 Å². The predicted octanol–water partition coefficient (Wildman–Crippen LogP) is 2.68. The molecule has 2 aromatic heterocycles. The number of nitrogens with zero attached hydrogens (tertiary/aromatic N) is 2. The van der Waals surface area contributed by atoms with Gasteiger partial charge in [0.1, 0.15) is 0 Å². The fourth-order valence-electron chi connectivity index (χ4n) is 2.21. The average molecular weight is 256 g/mol. The molecule has 19 heavy (non-hydrogen) atoms. The number of carboxylic acids is 1. The maximum Gasteiger partial charge on any atom is 0.336 e. The fraction of sp³-hybridized carbons (Fsp3) is 0.143. The minimum absolute atomic E-state index is 0.310. The van der Waals surface area contributed by atoms with Gasteiger partial charge >= 0.3 is 5.97 Å². The fourth-order valence-corrected chi connectivity index (χ4v) is 2.21. The highest BCUT2D eigenvalue weighted by Gasteiger charge is 2.11. The molecule has 0 spiro atoms. The molecule has 0 aliphatic carbocycles. The summed E-state index contributed by atoms with van der Waals surface area (Å²) in [6, 6.07) is 8.92. The predicted molar refractivity (Wildman–Crippen MR) is 69.2 cm³/mol. The van der Waals surface area contributed by atoms with E-state index in [0.29, 0.717) is 12.1 Å². The molecule has 1 N–H and O–H groups in total. The van der Waals surface area contributed by atoms with Crippen molar-refractivity contribution < 1.29 is 14.4 Å². The van der Waals surface area contributed by atoms with E-state index in [1.165, 1.54) is 0 Å². The first kappa shape index (κ1) is 11.5. The van der Waals surface area contributed by atoms with E-state index in [0.717, 1.165) is 22.4 Å². The van der Waals surface area contributed by atoms with Crippen molar-refractivity contribution in [3.8, 4) is 0 Å². The largest absolute Gasteiger partial charge is 0.478 e. The molecular formula is C14H12N2O3. The summed E-state index contributed by atoms with van der Waals surface area (Å²) in [5, 5.41) is 13.7. The molecule has 1 aromatic carbocycles. The third-order valence-corrected chi connectivity index (χ3v) is 3.05. The van der Waals surface area contributed by atoms with E-state index in [2.05, 4.69) is 5.16 Å². The lowest BCUT2D eigenvalue weighted by Crippen LogP contribution is -1.99. The minimum atomic E-state index is -0.918. The number of aryl methyl sites for hydroxylation is 1. The van der Waals surface area contributed by atoms with Crippen LogP contribution in [0.25, 0.3) is 10.9 Å². The molecule has 5 heteroatoms. The molecule has 0 bridgehead atoms. The number of aromatic nitrogens is 2. The van der Waals surface area contributed by atoms with Gasteiger partial charge in [0.2, 0.25) is 0 Å². The van der Waals surface area contributed by atoms with Crippen LogP contribution in [0, 0.1) is 6.92 Å². The van der Waals surface area contributed by atoms with Crippen LogP contribution in [0.1, 0.15) is 21.8 Å². The van der Waals surface area contributed by atoms with Crippen LogP contribution in [0.2, 0.25) is 0 Å². The van der Waals surface area contributed by atoms with Gasteiger partial charge in [0.15, 0.2) is 5.76 Å². The molecule has 0 aliphatic rings. The summed E-state index contributed by atoms with van der Waals surface area (Å²) in [5.41, 5.74) is 2.01. The molecule has 0 saturated heterocycles. The third-order valence-electron chi connectivity index (χ3n) is 3.05. The van der Waals surface area contributed by atoms with Crippen LogP contribution in [0.15, 0.2) is 41.1 Å². The van der Waals surface area contributed by atoms with Crippen LogP contribution in [-0.2, 0) is 6.54 Å². The van der Waals surface area contributed by atoms with Gasteiger partial charge in [0, 0.05) is 23.2 Å². The summed E-state index contributed by atoms with van der Waals surface area (Å²) in [6.45, 7) is 2.40. The monoisotopic (exact) mass is 256 g/mol. The van der Waals surface area contributed by atoms with E-state index in [-0.39, 0.29) is 0 Å². The Morgan fingerprint density at radius 2 is 2.26 bits per heavy atom. The lowest BCUT2D eigenvalue weighted by molar-refractivity contribution is 0.0699. The molecule has 3 rings (SSSR count). The second-order valence-corrected chi connectivity index (χ2v) is 4.42. The van der Waals surface area contributed by atoms with E-state index in [1.807, 2.05) is 35.9 Å². The van der Waals surface area contributed by atoms with Crippen molar-refractivity contribution in [2.24, 2.45) is 0 Å². The lowest BCUT2D eigenvalue weighted by atomic mass is 10.1. The summed E-state index contributed by atoms with van der Waals surface area (Å²) >= 11 is 0. The highest BCUT2D eigenvalue weighted by atomic mass is 16.5. The van der Waals surface area contributed by atoms with Crippen LogP contribution in [0.3, 0.4) is 0 Å². The van der Waals surface area contributed by atoms with Gasteiger partial charge in [0.25, 0.3) is 0 Å². The van der Waals surface area contributed by atoms with Crippen molar-refractivity contribution in [2.45, 2.75) is 13.5 Å². The zero-order valence-corrected chi connectivity index (χ0v) is 10.3. The van der Waals surface area contributed by atoms with E-state index in [4.69, 9.17) is 9.63 Å². The molecule has 0 atom stereocenters. The topological polar surface area (TPSA) is 68.3 Å². The minimum Gasteiger partial charge on any atom is -0.478 e. The Bertz CT molecular complexity index is 755. The van der Waals surface area contributed by atoms with E-state index in [9.17, 15) is 4.79 Å². The molecule has 0 radical (unpaired) electrons. The Morgan fingerprint density at radius 1 is 1.42 bits per heavy atom. The number of carbonyl (C=O) groups is 1. The lowest BCUT2D eigenvalue weighted by Gasteiger charge is -2.03. The normalized spacial score (nSPS) is 11.0. The smallest absolute Gasteiger partial charge is 0.336 e. The van der Waals surface area contributed by atoms with Gasteiger partial charge in [-0.05, 0) is 25.1 Å². The van der Waals surface area contributed by atoms with Crippen molar-refractivity contribution in [2.75, 3.05) is 0 Å². The van der Waals surface area contributed by atoms with Gasteiger partial charge in [-0.25, -0.2) is 4.79 Å². The number of hydrogen-bond acceptors (Lipinski definition) is 3. The number of aromatic carboxylic acids is 1. The Morgan fingerprint density at radius 3 is 2.95 bits per heavy atom. The summed E-state index contributed by atoms with van der Waals surface area (Å²) in [5.74, 6) is -0.172. The van der Waals surface area contributed by atoms with Crippen molar-refractivity contribution in [3.63, 3.8) is 0 Å². The highest BCUT2D eigenvalue weighted by Crippen LogP contribution is 2.21. The second-order valence-electron chi connectivity index (χ2n) is 4.42. The van der Waals surface area contributed by atoms with Crippen molar-refractivity contribution in [1.82, 2.24) is 9.72 Å². The summed E-state index contributed by atoms with van der Waals surface area (Å²) in [7, 11) is 0. The Hall–Kier alpha value is -2.56. The van der Waals surface area contributed by atoms with Gasteiger partial charge in [-0.1, -0.05) is 11.2 Å². The van der Waals surface area contributed by atoms with Gasteiger partial charge in [0.05, 0.1) is 17.8 Å². The Kier molecular flexibility index (Phi) is 2.59. The van der Waals surface area contributed by atoms with Gasteiger partial charge in [-0.3, -0.25) is 0 Å². The van der Waals surface area contributed by atoms with Crippen LogP contribution >= 0.6 is 0 Å². The SMILES string of the molecule is Cc1cc(Cn2ccc3c(C(=O)O)cccc32)on1. The molecule has 0 amide bonds. The first-order valence-electron chi connectivity index (χ1n) is 5.88. The summed E-state index contributed by atoms with van der Waals surface area (Å²) < 4.78 is 7.12. The van der Waals surface area contributed by atoms with Gasteiger partial charge in [-0.2, -0.15) is 0 Å². The third kappa shape index (κ3) is 1.99. The molecule has 2 heterocycles. The molecule has 5 nitrogen and oxygen atoms in total. The standard InChI is InChI=1S/C14H12N2O3/c1-9-7-10(19-15-9)8-16-6-5-11-12(14(17)18)3-2-4-13(11)16/h2-7H,8H2,1H3,(H,17,18). The van der Waals surface area contributed by atoms with Crippen LogP contribution in [0.5, 0.6) is 0 Å². The molecule has 0 aliphatic heterocycles. The van der Waals surface area contributed by atoms with Crippen molar-refractivity contribution in [3.05, 3.63) is 53.5 Å². The number of benzene rings is 1. The molecule has 96 valence electrons. The second kappa shape index (κ2) is 4.28. The Labute approximate surface area is 109 Å². The Balaban J connectivity index is 2.06. The van der Waals surface area contributed by atoms with Crippen molar-refractivity contribution >= 4 is 16.9 Å². The molecule has 0 unspecified atom stereocenters. The summed E-state index contributed by atoms with van der Waals surface area (Å²) in [4.78, 5) is 11.1. The maximum atomic E-state index is 11.1. The van der Waals surface area contributed by atoms with Crippen LogP contribution in [0.4, 0.5) is 0 Å². The number of fused-ring (bicyclic) bond motifs is 1. The van der Waals surface area contributed by atoms with Crippen molar-refractivity contribution in [1.29, 1.82) is 0 Å². The van der Waals surface area contributed by atoms with E-state index < -0.39 is 5.97 Å². The first-order chi connectivity index (χ1) is 9.15. The average Bonchev–Trinajstić information content (AvgIpc) is 2.97. The quantitative estimate of drug-likeness (QED) is 0.782.